The number of hydrogen-bond donors (Lipinski definition) is 0. The summed E-state index contributed by atoms with van der Waals surface area (Å²) in [6.45, 7) is 5.65. The Balaban J connectivity index is 2.20. The van der Waals surface area contributed by atoms with Gasteiger partial charge in [0.2, 0.25) is 0 Å². The molecule has 1 aromatic rings. The average Bonchev–Trinajstić information content (AvgIpc) is 2.38. The molecule has 0 aromatic heterocycles. The molecule has 0 atom stereocenters. The van der Waals surface area contributed by atoms with Crippen molar-refractivity contribution in [2.45, 2.75) is 39.2 Å². The molecule has 0 heterocycles. The van der Waals surface area contributed by atoms with Gasteiger partial charge in [0.25, 0.3) is 0 Å². The summed E-state index contributed by atoms with van der Waals surface area (Å²) in [5, 5.41) is 0. The summed E-state index contributed by atoms with van der Waals surface area (Å²) < 4.78 is 0. The van der Waals surface area contributed by atoms with Crippen LogP contribution in [0.5, 0.6) is 0 Å². The molecule has 0 N–H and O–H groups in total. The summed E-state index contributed by atoms with van der Waals surface area (Å²) in [4.78, 5) is 2.51. The van der Waals surface area contributed by atoms with Gasteiger partial charge >= 0.3 is 0 Å². The van der Waals surface area contributed by atoms with Crippen molar-refractivity contribution in [2.24, 2.45) is 0 Å². The monoisotopic (exact) mass is 253 g/mol. The second kappa shape index (κ2) is 9.49. The molecule has 0 saturated heterocycles. The van der Waals surface area contributed by atoms with E-state index in [4.69, 9.17) is 11.6 Å². The third kappa shape index (κ3) is 6.70. The second-order valence-corrected chi connectivity index (χ2v) is 4.84. The van der Waals surface area contributed by atoms with E-state index in [0.717, 1.165) is 25.4 Å². The summed E-state index contributed by atoms with van der Waals surface area (Å²) in [6.07, 6.45) is 5.02. The summed E-state index contributed by atoms with van der Waals surface area (Å²) in [5.74, 6) is 0.807. The van der Waals surface area contributed by atoms with E-state index in [1.165, 1.54) is 31.4 Å². The first kappa shape index (κ1) is 14.5. The van der Waals surface area contributed by atoms with E-state index in [-0.39, 0.29) is 0 Å². The number of rotatable bonds is 9. The fourth-order valence-electron chi connectivity index (χ4n) is 1.97. The molecule has 0 aliphatic rings. The summed E-state index contributed by atoms with van der Waals surface area (Å²) in [6, 6.07) is 10.7. The summed E-state index contributed by atoms with van der Waals surface area (Å²) in [5.41, 5.74) is 1.41. The maximum absolute atomic E-state index is 5.67. The maximum Gasteiger partial charge on any atom is 0.0233 e. The highest BCUT2D eigenvalue weighted by atomic mass is 35.5. The Bertz CT molecular complexity index is 274. The van der Waals surface area contributed by atoms with Gasteiger partial charge in [0.15, 0.2) is 0 Å². The topological polar surface area (TPSA) is 3.24 Å². The SMILES string of the molecule is CCN(CCCCCCCl)Cc1ccccc1. The van der Waals surface area contributed by atoms with Crippen LogP contribution in [-0.4, -0.2) is 23.9 Å². The molecule has 0 amide bonds. The molecule has 96 valence electrons. The van der Waals surface area contributed by atoms with Crippen LogP contribution < -0.4 is 0 Å². The minimum Gasteiger partial charge on any atom is -0.299 e. The predicted molar refractivity (Wildman–Crippen MR) is 76.6 cm³/mol. The normalized spacial score (nSPS) is 11.0. The van der Waals surface area contributed by atoms with Crippen molar-refractivity contribution in [2.75, 3.05) is 19.0 Å². The molecule has 0 unspecified atom stereocenters. The van der Waals surface area contributed by atoms with Gasteiger partial charge in [-0.15, -0.1) is 11.6 Å². The highest BCUT2D eigenvalue weighted by molar-refractivity contribution is 6.17. The zero-order valence-electron chi connectivity index (χ0n) is 10.9. The maximum atomic E-state index is 5.67. The smallest absolute Gasteiger partial charge is 0.0233 e. The van der Waals surface area contributed by atoms with E-state index in [1.54, 1.807) is 0 Å². The first-order valence-corrected chi connectivity index (χ1v) is 7.22. The van der Waals surface area contributed by atoms with E-state index in [2.05, 4.69) is 42.2 Å². The molecule has 2 heteroatoms. The van der Waals surface area contributed by atoms with Crippen molar-refractivity contribution in [3.63, 3.8) is 0 Å². The second-order valence-electron chi connectivity index (χ2n) is 4.46. The summed E-state index contributed by atoms with van der Waals surface area (Å²) in [7, 11) is 0. The minimum atomic E-state index is 0.807. The van der Waals surface area contributed by atoms with Crippen LogP contribution in [0, 0.1) is 0 Å². The Kier molecular flexibility index (Phi) is 8.12. The zero-order chi connectivity index (χ0) is 12.3. The lowest BCUT2D eigenvalue weighted by molar-refractivity contribution is 0.273. The minimum absolute atomic E-state index is 0.807. The molecule has 1 aromatic carbocycles. The van der Waals surface area contributed by atoms with E-state index in [9.17, 15) is 0 Å². The van der Waals surface area contributed by atoms with E-state index < -0.39 is 0 Å². The van der Waals surface area contributed by atoms with Gasteiger partial charge in [-0.05, 0) is 31.5 Å². The molecule has 1 rings (SSSR count). The van der Waals surface area contributed by atoms with Gasteiger partial charge in [-0.3, -0.25) is 4.90 Å². The Morgan fingerprint density at radius 1 is 1.00 bits per heavy atom. The fourth-order valence-corrected chi connectivity index (χ4v) is 2.16. The molecule has 17 heavy (non-hydrogen) atoms. The molecule has 0 bridgehead atoms. The van der Waals surface area contributed by atoms with Crippen LogP contribution in [0.2, 0.25) is 0 Å². The van der Waals surface area contributed by atoms with Crippen molar-refractivity contribution >= 4 is 11.6 Å². The highest BCUT2D eigenvalue weighted by Crippen LogP contribution is 2.07. The molecule has 0 spiro atoms. The first-order valence-electron chi connectivity index (χ1n) is 6.69. The van der Waals surface area contributed by atoms with Crippen LogP contribution in [0.3, 0.4) is 0 Å². The van der Waals surface area contributed by atoms with E-state index in [0.29, 0.717) is 0 Å². The van der Waals surface area contributed by atoms with Crippen molar-refractivity contribution in [3.8, 4) is 0 Å². The quantitative estimate of drug-likeness (QED) is 0.468. The van der Waals surface area contributed by atoms with Gasteiger partial charge in [0.1, 0.15) is 0 Å². The van der Waals surface area contributed by atoms with Crippen molar-refractivity contribution in [1.82, 2.24) is 4.90 Å². The lowest BCUT2D eigenvalue weighted by atomic mass is 10.1. The number of halogens is 1. The van der Waals surface area contributed by atoms with Gasteiger partial charge in [0, 0.05) is 12.4 Å². The lowest BCUT2D eigenvalue weighted by Gasteiger charge is -2.20. The van der Waals surface area contributed by atoms with Crippen LogP contribution in [0.15, 0.2) is 30.3 Å². The number of nitrogens with zero attached hydrogens (tertiary/aromatic N) is 1. The largest absolute Gasteiger partial charge is 0.299 e. The standard InChI is InChI=1S/C15H24ClN/c1-2-17(13-9-4-3-8-12-16)14-15-10-6-5-7-11-15/h5-7,10-11H,2-4,8-9,12-14H2,1H3. The molecular weight excluding hydrogens is 230 g/mol. The molecule has 0 saturated carbocycles. The average molecular weight is 254 g/mol. The van der Waals surface area contributed by atoms with E-state index >= 15 is 0 Å². The van der Waals surface area contributed by atoms with Crippen LogP contribution >= 0.6 is 11.6 Å². The molecule has 0 fully saturated rings. The van der Waals surface area contributed by atoms with Gasteiger partial charge in [-0.2, -0.15) is 0 Å². The van der Waals surface area contributed by atoms with Crippen molar-refractivity contribution in [1.29, 1.82) is 0 Å². The molecule has 0 radical (unpaired) electrons. The molecule has 0 aliphatic carbocycles. The van der Waals surface area contributed by atoms with Gasteiger partial charge in [-0.25, -0.2) is 0 Å². The Morgan fingerprint density at radius 3 is 2.35 bits per heavy atom. The van der Waals surface area contributed by atoms with Crippen LogP contribution in [-0.2, 0) is 6.54 Å². The zero-order valence-corrected chi connectivity index (χ0v) is 11.6. The number of hydrogen-bond acceptors (Lipinski definition) is 1. The van der Waals surface area contributed by atoms with Gasteiger partial charge < -0.3 is 0 Å². The lowest BCUT2D eigenvalue weighted by Crippen LogP contribution is -2.23. The van der Waals surface area contributed by atoms with E-state index in [1.807, 2.05) is 0 Å². The van der Waals surface area contributed by atoms with Gasteiger partial charge in [0.05, 0.1) is 0 Å². The first-order chi connectivity index (χ1) is 8.36. The van der Waals surface area contributed by atoms with Crippen molar-refractivity contribution < 1.29 is 0 Å². The number of unbranched alkanes of at least 4 members (excludes halogenated alkanes) is 3. The predicted octanol–water partition coefficient (Wildman–Crippen LogP) is 4.31. The van der Waals surface area contributed by atoms with Crippen LogP contribution in [0.4, 0.5) is 0 Å². The summed E-state index contributed by atoms with van der Waals surface area (Å²) >= 11 is 5.67. The van der Waals surface area contributed by atoms with Gasteiger partial charge in [-0.1, -0.05) is 50.1 Å². The van der Waals surface area contributed by atoms with Crippen LogP contribution in [0.1, 0.15) is 38.2 Å². The fraction of sp³-hybridized carbons (Fsp3) is 0.600. The highest BCUT2D eigenvalue weighted by Gasteiger charge is 2.02. The Morgan fingerprint density at radius 2 is 1.71 bits per heavy atom. The third-order valence-electron chi connectivity index (χ3n) is 3.05. The molecular formula is C15H24ClN. The Labute approximate surface area is 111 Å². The van der Waals surface area contributed by atoms with Crippen LogP contribution in [0.25, 0.3) is 0 Å². The molecule has 0 aliphatic heterocycles. The number of alkyl halides is 1. The van der Waals surface area contributed by atoms with Crippen molar-refractivity contribution in [3.05, 3.63) is 35.9 Å². The Hall–Kier alpha value is -0.530. The number of benzene rings is 1. The third-order valence-corrected chi connectivity index (χ3v) is 3.32. The molecule has 1 nitrogen and oxygen atoms in total.